The van der Waals surface area contributed by atoms with Gasteiger partial charge >= 0.3 is 0 Å². The monoisotopic (exact) mass is 390 g/mol. The molecule has 18 heavy (non-hydrogen) atoms. The highest BCUT2D eigenvalue weighted by atomic mass is 79.9. The van der Waals surface area contributed by atoms with E-state index in [0.29, 0.717) is 0 Å². The molecule has 1 aromatic heterocycles. The van der Waals surface area contributed by atoms with E-state index in [1.54, 1.807) is 25.6 Å². The van der Waals surface area contributed by atoms with Gasteiger partial charge in [0.15, 0.2) is 0 Å². The van der Waals surface area contributed by atoms with Crippen LogP contribution in [0.5, 0.6) is 11.5 Å². The maximum Gasteiger partial charge on any atom is 0.123 e. The van der Waals surface area contributed by atoms with E-state index in [2.05, 4.69) is 37.2 Å². The number of ether oxygens (including phenoxy) is 2. The third-order valence-corrected chi connectivity index (χ3v) is 5.77. The quantitative estimate of drug-likeness (QED) is 0.681. The molecule has 0 aliphatic heterocycles. The Kier molecular flexibility index (Phi) is 4.70. The molecule has 0 radical (unpaired) electrons. The van der Waals surface area contributed by atoms with E-state index in [-0.39, 0.29) is 4.83 Å². The summed E-state index contributed by atoms with van der Waals surface area (Å²) in [7, 11) is 3.34. The lowest BCUT2D eigenvalue weighted by atomic mass is 10.1. The van der Waals surface area contributed by atoms with Gasteiger partial charge < -0.3 is 9.47 Å². The number of benzene rings is 1. The van der Waals surface area contributed by atoms with Gasteiger partial charge in [-0.25, -0.2) is 0 Å². The molecule has 0 aliphatic carbocycles. The van der Waals surface area contributed by atoms with Crippen LogP contribution in [0.1, 0.15) is 15.3 Å². The van der Waals surface area contributed by atoms with Gasteiger partial charge in [0.1, 0.15) is 11.5 Å². The highest BCUT2D eigenvalue weighted by molar-refractivity contribution is 9.11. The maximum atomic E-state index is 5.41. The summed E-state index contributed by atoms with van der Waals surface area (Å²) < 4.78 is 11.8. The Balaban J connectivity index is 2.45. The number of thiophene rings is 1. The van der Waals surface area contributed by atoms with Gasteiger partial charge in [-0.1, -0.05) is 15.9 Å². The minimum atomic E-state index is 0.0805. The van der Waals surface area contributed by atoms with Crippen LogP contribution >= 0.6 is 43.2 Å². The lowest BCUT2D eigenvalue weighted by Gasteiger charge is -2.15. The Bertz CT molecular complexity index is 540. The van der Waals surface area contributed by atoms with Crippen LogP contribution in [0.3, 0.4) is 0 Å². The number of halogens is 2. The minimum Gasteiger partial charge on any atom is -0.497 e. The van der Waals surface area contributed by atoms with E-state index in [9.17, 15) is 0 Å². The second-order valence-electron chi connectivity index (χ2n) is 3.60. The highest BCUT2D eigenvalue weighted by Gasteiger charge is 2.19. The first-order chi connectivity index (χ1) is 8.67. The zero-order chi connectivity index (χ0) is 13.1. The average molecular weight is 392 g/mol. The predicted octanol–water partition coefficient (Wildman–Crippen LogP) is 5.01. The van der Waals surface area contributed by atoms with E-state index in [4.69, 9.17) is 9.47 Å². The lowest BCUT2D eigenvalue weighted by molar-refractivity contribution is 0.399. The molecule has 2 rings (SSSR count). The van der Waals surface area contributed by atoms with Gasteiger partial charge in [0.2, 0.25) is 0 Å². The van der Waals surface area contributed by atoms with Crippen molar-refractivity contribution in [2.75, 3.05) is 14.2 Å². The summed E-state index contributed by atoms with van der Waals surface area (Å²) in [5.41, 5.74) is 1.06. The summed E-state index contributed by atoms with van der Waals surface area (Å²) in [6.45, 7) is 0. The first-order valence-electron chi connectivity index (χ1n) is 5.26. The number of methoxy groups -OCH3 is 2. The minimum absolute atomic E-state index is 0.0805. The van der Waals surface area contributed by atoms with E-state index in [1.807, 2.05) is 24.3 Å². The van der Waals surface area contributed by atoms with Gasteiger partial charge in [-0.3, -0.25) is 0 Å². The van der Waals surface area contributed by atoms with Crippen LogP contribution in [-0.4, -0.2) is 14.2 Å². The van der Waals surface area contributed by atoms with Crippen molar-refractivity contribution in [1.82, 2.24) is 0 Å². The van der Waals surface area contributed by atoms with Crippen LogP contribution in [0.15, 0.2) is 34.1 Å². The van der Waals surface area contributed by atoms with E-state index in [1.165, 1.54) is 4.88 Å². The molecule has 1 heterocycles. The number of hydrogen-bond donors (Lipinski definition) is 0. The Morgan fingerprint density at radius 1 is 1.17 bits per heavy atom. The highest BCUT2D eigenvalue weighted by Crippen LogP contribution is 2.43. The zero-order valence-corrected chi connectivity index (χ0v) is 13.9. The molecule has 0 saturated carbocycles. The van der Waals surface area contributed by atoms with Crippen LogP contribution in [0.4, 0.5) is 0 Å². The van der Waals surface area contributed by atoms with Gasteiger partial charge in [0, 0.05) is 14.9 Å². The fraction of sp³-hybridized carbons (Fsp3) is 0.231. The Morgan fingerprint density at radius 2 is 1.94 bits per heavy atom. The zero-order valence-electron chi connectivity index (χ0n) is 9.94. The molecule has 1 atom stereocenters. The van der Waals surface area contributed by atoms with Crippen LogP contribution < -0.4 is 9.47 Å². The van der Waals surface area contributed by atoms with Gasteiger partial charge in [-0.15, -0.1) is 11.3 Å². The number of hydrogen-bond acceptors (Lipinski definition) is 3. The third-order valence-electron chi connectivity index (χ3n) is 2.58. The summed E-state index contributed by atoms with van der Waals surface area (Å²) in [4.78, 5) is 1.29. The molecular weight excluding hydrogens is 380 g/mol. The molecule has 0 fully saturated rings. The first-order valence-corrected chi connectivity index (χ1v) is 7.85. The fourth-order valence-electron chi connectivity index (χ4n) is 1.66. The normalized spacial score (nSPS) is 12.2. The van der Waals surface area contributed by atoms with E-state index >= 15 is 0 Å². The molecule has 1 aromatic carbocycles. The maximum absolute atomic E-state index is 5.41. The topological polar surface area (TPSA) is 18.5 Å². The SMILES string of the molecule is COc1ccc(OC)c(C(Br)c2sccc2Br)c1. The van der Waals surface area contributed by atoms with Gasteiger partial charge in [-0.05, 0) is 45.6 Å². The van der Waals surface area contributed by atoms with Gasteiger partial charge in [0.25, 0.3) is 0 Å². The molecule has 1 unspecified atom stereocenters. The summed E-state index contributed by atoms with van der Waals surface area (Å²) >= 11 is 8.97. The first kappa shape index (κ1) is 13.9. The van der Waals surface area contributed by atoms with Crippen LogP contribution in [0.2, 0.25) is 0 Å². The molecule has 0 N–H and O–H groups in total. The molecule has 0 amide bonds. The standard InChI is InChI=1S/C13H12Br2O2S/c1-16-8-3-4-11(17-2)9(7-8)12(15)13-10(14)5-6-18-13/h3-7,12H,1-2H3. The molecule has 0 spiro atoms. The van der Waals surface area contributed by atoms with Gasteiger partial charge in [0.05, 0.1) is 19.0 Å². The second-order valence-corrected chi connectivity index (χ2v) is 6.32. The Hall–Kier alpha value is -0.520. The third kappa shape index (κ3) is 2.73. The predicted molar refractivity (Wildman–Crippen MR) is 82.3 cm³/mol. The van der Waals surface area contributed by atoms with Crippen LogP contribution in [0.25, 0.3) is 0 Å². The molecule has 2 aromatic rings. The van der Waals surface area contributed by atoms with Crippen LogP contribution in [-0.2, 0) is 0 Å². The molecule has 0 bridgehead atoms. The molecule has 0 aliphatic rings. The van der Waals surface area contributed by atoms with Crippen molar-refractivity contribution in [2.24, 2.45) is 0 Å². The van der Waals surface area contributed by atoms with Crippen molar-refractivity contribution in [2.45, 2.75) is 4.83 Å². The van der Waals surface area contributed by atoms with E-state index < -0.39 is 0 Å². The summed E-state index contributed by atoms with van der Waals surface area (Å²) in [5.74, 6) is 1.67. The smallest absolute Gasteiger partial charge is 0.123 e. The summed E-state index contributed by atoms with van der Waals surface area (Å²) in [6.07, 6.45) is 0. The van der Waals surface area contributed by atoms with Crippen molar-refractivity contribution in [1.29, 1.82) is 0 Å². The van der Waals surface area contributed by atoms with Crippen molar-refractivity contribution in [3.8, 4) is 11.5 Å². The van der Waals surface area contributed by atoms with Crippen molar-refractivity contribution < 1.29 is 9.47 Å². The lowest BCUT2D eigenvalue weighted by Crippen LogP contribution is -1.97. The van der Waals surface area contributed by atoms with Crippen LogP contribution in [0, 0.1) is 0 Å². The summed E-state index contributed by atoms with van der Waals surface area (Å²) in [5, 5.41) is 2.06. The second kappa shape index (κ2) is 6.08. The van der Waals surface area contributed by atoms with Gasteiger partial charge in [-0.2, -0.15) is 0 Å². The molecule has 96 valence electrons. The van der Waals surface area contributed by atoms with Crippen molar-refractivity contribution >= 4 is 43.2 Å². The van der Waals surface area contributed by atoms with Crippen molar-refractivity contribution in [3.05, 3.63) is 44.6 Å². The molecule has 0 saturated heterocycles. The summed E-state index contributed by atoms with van der Waals surface area (Å²) in [6, 6.07) is 7.85. The molecular formula is C13H12Br2O2S. The largest absolute Gasteiger partial charge is 0.497 e. The number of alkyl halides is 1. The number of rotatable bonds is 4. The van der Waals surface area contributed by atoms with E-state index in [0.717, 1.165) is 21.5 Å². The fourth-order valence-corrected chi connectivity index (χ4v) is 4.49. The Morgan fingerprint density at radius 3 is 2.50 bits per heavy atom. The molecule has 5 heteroatoms. The Labute approximate surface area is 127 Å². The molecule has 2 nitrogen and oxygen atoms in total. The van der Waals surface area contributed by atoms with Crippen molar-refractivity contribution in [3.63, 3.8) is 0 Å². The average Bonchev–Trinajstić information content (AvgIpc) is 2.83.